The summed E-state index contributed by atoms with van der Waals surface area (Å²) in [5.74, 6) is 1.30. The number of imidazole rings is 1. The lowest BCUT2D eigenvalue weighted by atomic mass is 10.1. The van der Waals surface area contributed by atoms with E-state index in [9.17, 15) is 4.79 Å². The maximum absolute atomic E-state index is 12.3. The van der Waals surface area contributed by atoms with Crippen LogP contribution in [0, 0.1) is 0 Å². The highest BCUT2D eigenvalue weighted by molar-refractivity contribution is 5.83. The summed E-state index contributed by atoms with van der Waals surface area (Å²) >= 11 is 0. The van der Waals surface area contributed by atoms with Gasteiger partial charge in [0.15, 0.2) is 6.61 Å². The van der Waals surface area contributed by atoms with Gasteiger partial charge in [-0.1, -0.05) is 66.7 Å². The molecular formula is C27H23N3O2. The van der Waals surface area contributed by atoms with E-state index in [2.05, 4.69) is 52.3 Å². The minimum absolute atomic E-state index is 0.0328. The molecule has 0 aliphatic heterocycles. The second-order valence-electron chi connectivity index (χ2n) is 7.66. The van der Waals surface area contributed by atoms with Crippen molar-refractivity contribution in [1.82, 2.24) is 14.9 Å². The van der Waals surface area contributed by atoms with Crippen LogP contribution < -0.4 is 10.1 Å². The van der Waals surface area contributed by atoms with Crippen LogP contribution in [0.4, 0.5) is 0 Å². The lowest BCUT2D eigenvalue weighted by Crippen LogP contribution is -2.29. The zero-order valence-electron chi connectivity index (χ0n) is 17.6. The van der Waals surface area contributed by atoms with Gasteiger partial charge in [0.2, 0.25) is 0 Å². The van der Waals surface area contributed by atoms with E-state index >= 15 is 0 Å². The lowest BCUT2D eigenvalue weighted by Gasteiger charge is -2.12. The van der Waals surface area contributed by atoms with Gasteiger partial charge in [0.25, 0.3) is 5.91 Å². The molecule has 0 aliphatic carbocycles. The van der Waals surface area contributed by atoms with Crippen molar-refractivity contribution >= 4 is 27.7 Å². The van der Waals surface area contributed by atoms with Crippen LogP contribution >= 0.6 is 0 Å². The molecule has 0 bridgehead atoms. The fraction of sp³-hybridized carbons (Fsp3) is 0.111. The summed E-state index contributed by atoms with van der Waals surface area (Å²) in [5.41, 5.74) is 3.15. The van der Waals surface area contributed by atoms with E-state index in [0.717, 1.165) is 16.9 Å². The molecule has 0 aliphatic rings. The number of carbonyl (C=O) groups is 1. The fourth-order valence-electron chi connectivity index (χ4n) is 3.85. The van der Waals surface area contributed by atoms with Crippen LogP contribution in [0.1, 0.15) is 11.4 Å². The van der Waals surface area contributed by atoms with Crippen LogP contribution in [0.15, 0.2) is 97.1 Å². The molecule has 1 N–H and O–H groups in total. The summed E-state index contributed by atoms with van der Waals surface area (Å²) in [4.78, 5) is 17.1. The van der Waals surface area contributed by atoms with Crippen LogP contribution in [-0.2, 0) is 17.9 Å². The first kappa shape index (κ1) is 19.8. The highest BCUT2D eigenvalue weighted by Crippen LogP contribution is 2.21. The van der Waals surface area contributed by atoms with Gasteiger partial charge < -0.3 is 14.6 Å². The number of aromatic nitrogens is 2. The summed E-state index contributed by atoms with van der Waals surface area (Å²) in [6, 6.07) is 32.2. The number of nitrogens with zero attached hydrogens (tertiary/aromatic N) is 2. The van der Waals surface area contributed by atoms with Gasteiger partial charge in [0.05, 0.1) is 17.6 Å². The van der Waals surface area contributed by atoms with Crippen LogP contribution in [0.5, 0.6) is 5.75 Å². The first-order chi connectivity index (χ1) is 15.8. The molecule has 158 valence electrons. The second-order valence-corrected chi connectivity index (χ2v) is 7.66. The molecule has 0 saturated carbocycles. The van der Waals surface area contributed by atoms with Crippen molar-refractivity contribution in [3.63, 3.8) is 0 Å². The number of para-hydroxylation sites is 3. The van der Waals surface area contributed by atoms with Crippen LogP contribution in [-0.4, -0.2) is 22.1 Å². The fourth-order valence-corrected chi connectivity index (χ4v) is 3.85. The minimum Gasteiger partial charge on any atom is -0.484 e. The van der Waals surface area contributed by atoms with Gasteiger partial charge in [0.1, 0.15) is 11.6 Å². The molecule has 0 saturated heterocycles. The van der Waals surface area contributed by atoms with E-state index in [4.69, 9.17) is 9.72 Å². The number of hydrogen-bond donors (Lipinski definition) is 1. The van der Waals surface area contributed by atoms with Crippen molar-refractivity contribution < 1.29 is 9.53 Å². The van der Waals surface area contributed by atoms with Crippen molar-refractivity contribution in [3.8, 4) is 5.75 Å². The van der Waals surface area contributed by atoms with Gasteiger partial charge in [-0.15, -0.1) is 0 Å². The molecule has 0 atom stereocenters. The lowest BCUT2D eigenvalue weighted by molar-refractivity contribution is -0.123. The van der Waals surface area contributed by atoms with Gasteiger partial charge in [-0.25, -0.2) is 4.98 Å². The third kappa shape index (κ3) is 4.32. The van der Waals surface area contributed by atoms with Crippen LogP contribution in [0.2, 0.25) is 0 Å². The Bertz CT molecular complexity index is 1380. The SMILES string of the molecule is O=C(COc1ccccc1)NCc1nc2ccccc2n1Cc1ccc2ccccc2c1. The van der Waals surface area contributed by atoms with Gasteiger partial charge in [-0.05, 0) is 46.7 Å². The maximum Gasteiger partial charge on any atom is 0.258 e. The summed E-state index contributed by atoms with van der Waals surface area (Å²) in [7, 11) is 0. The molecular weight excluding hydrogens is 398 g/mol. The smallest absolute Gasteiger partial charge is 0.258 e. The van der Waals surface area contributed by atoms with Crippen LogP contribution in [0.3, 0.4) is 0 Å². The van der Waals surface area contributed by atoms with E-state index in [1.165, 1.54) is 16.3 Å². The average Bonchev–Trinajstić information content (AvgIpc) is 3.19. The molecule has 32 heavy (non-hydrogen) atoms. The van der Waals surface area contributed by atoms with E-state index < -0.39 is 0 Å². The summed E-state index contributed by atoms with van der Waals surface area (Å²) in [6.07, 6.45) is 0. The second kappa shape index (κ2) is 8.94. The molecule has 0 unspecified atom stereocenters. The van der Waals surface area contributed by atoms with Crippen molar-refractivity contribution in [2.45, 2.75) is 13.1 Å². The Morgan fingerprint density at radius 1 is 0.844 bits per heavy atom. The van der Waals surface area contributed by atoms with Crippen molar-refractivity contribution in [2.75, 3.05) is 6.61 Å². The molecule has 1 heterocycles. The van der Waals surface area contributed by atoms with Gasteiger partial charge in [-0.2, -0.15) is 0 Å². The number of nitrogens with one attached hydrogen (secondary N) is 1. The number of benzene rings is 4. The van der Waals surface area contributed by atoms with Crippen molar-refractivity contribution in [3.05, 3.63) is 108 Å². The van der Waals surface area contributed by atoms with Crippen LogP contribution in [0.25, 0.3) is 21.8 Å². The Labute approximate surface area is 186 Å². The normalized spacial score (nSPS) is 11.0. The maximum atomic E-state index is 12.3. The molecule has 5 rings (SSSR count). The Balaban J connectivity index is 1.34. The number of carbonyl (C=O) groups excluding carboxylic acids is 1. The first-order valence-corrected chi connectivity index (χ1v) is 10.6. The Morgan fingerprint density at radius 3 is 2.47 bits per heavy atom. The zero-order valence-corrected chi connectivity index (χ0v) is 17.6. The molecule has 0 spiro atoms. The third-order valence-electron chi connectivity index (χ3n) is 5.44. The average molecular weight is 422 g/mol. The molecule has 5 nitrogen and oxygen atoms in total. The summed E-state index contributed by atoms with van der Waals surface area (Å²) in [5, 5.41) is 5.37. The Hall–Kier alpha value is -4.12. The molecule has 0 radical (unpaired) electrons. The van der Waals surface area contributed by atoms with E-state index in [-0.39, 0.29) is 12.5 Å². The molecule has 5 heteroatoms. The molecule has 4 aromatic carbocycles. The van der Waals surface area contributed by atoms with E-state index in [1.807, 2.05) is 54.6 Å². The Morgan fingerprint density at radius 2 is 1.59 bits per heavy atom. The molecule has 0 fully saturated rings. The summed E-state index contributed by atoms with van der Waals surface area (Å²) < 4.78 is 7.71. The number of ether oxygens (including phenoxy) is 1. The highest BCUT2D eigenvalue weighted by atomic mass is 16.5. The largest absolute Gasteiger partial charge is 0.484 e. The first-order valence-electron chi connectivity index (χ1n) is 10.6. The van der Waals surface area contributed by atoms with Gasteiger partial charge in [0, 0.05) is 6.54 Å². The minimum atomic E-state index is -0.182. The molecule has 5 aromatic rings. The Kier molecular flexibility index (Phi) is 5.54. The van der Waals surface area contributed by atoms with E-state index in [0.29, 0.717) is 18.8 Å². The number of amides is 1. The summed E-state index contributed by atoms with van der Waals surface area (Å²) in [6.45, 7) is 0.977. The predicted octanol–water partition coefficient (Wildman–Crippen LogP) is 4.93. The third-order valence-corrected chi connectivity index (χ3v) is 5.44. The standard InChI is InChI=1S/C27H23N3O2/c31-27(19-32-23-10-2-1-3-11-23)28-17-26-29-24-12-6-7-13-25(24)30(26)18-20-14-15-21-8-4-5-9-22(21)16-20/h1-16H,17-19H2,(H,28,31). The number of fused-ring (bicyclic) bond motifs is 2. The van der Waals surface area contributed by atoms with E-state index in [1.54, 1.807) is 0 Å². The predicted molar refractivity (Wildman–Crippen MR) is 127 cm³/mol. The molecule has 1 amide bonds. The molecule has 1 aromatic heterocycles. The van der Waals surface area contributed by atoms with Gasteiger partial charge in [-0.3, -0.25) is 4.79 Å². The van der Waals surface area contributed by atoms with Crippen molar-refractivity contribution in [1.29, 1.82) is 0 Å². The van der Waals surface area contributed by atoms with Crippen molar-refractivity contribution in [2.24, 2.45) is 0 Å². The number of hydrogen-bond acceptors (Lipinski definition) is 3. The highest BCUT2D eigenvalue weighted by Gasteiger charge is 2.13. The zero-order chi connectivity index (χ0) is 21.8. The van der Waals surface area contributed by atoms with Gasteiger partial charge >= 0.3 is 0 Å². The monoisotopic (exact) mass is 421 g/mol. The quantitative estimate of drug-likeness (QED) is 0.405. The number of rotatable bonds is 7. The topological polar surface area (TPSA) is 56.1 Å².